The number of methoxy groups -OCH3 is 1. The number of nitrogens with one attached hydrogen (secondary N) is 1. The number of nitrogens with zero attached hydrogens (tertiary/aromatic N) is 2. The number of hydrogen-bond acceptors (Lipinski definition) is 5. The van der Waals surface area contributed by atoms with Crippen molar-refractivity contribution in [2.75, 3.05) is 19.0 Å². The van der Waals surface area contributed by atoms with Crippen molar-refractivity contribution in [3.63, 3.8) is 0 Å². The number of ether oxygens (including phenoxy) is 1. The first kappa shape index (κ1) is 25.7. The van der Waals surface area contributed by atoms with E-state index in [9.17, 15) is 31.9 Å². The number of alkyl halides is 3. The van der Waals surface area contributed by atoms with E-state index in [-0.39, 0.29) is 28.2 Å². The number of carbonyl (C=O) groups is 3. The van der Waals surface area contributed by atoms with Gasteiger partial charge in [-0.3, -0.25) is 14.4 Å². The maximum atomic E-state index is 13.5. The van der Waals surface area contributed by atoms with Gasteiger partial charge in [-0.1, -0.05) is 0 Å². The molecule has 0 radical (unpaired) electrons. The highest BCUT2D eigenvalue weighted by atomic mass is 19.4. The minimum Gasteiger partial charge on any atom is -0.384 e. The average molecular weight is 467 g/mol. The molecule has 2 aromatic rings. The summed E-state index contributed by atoms with van der Waals surface area (Å²) >= 11 is 0. The van der Waals surface area contributed by atoms with Crippen LogP contribution in [0.25, 0.3) is 0 Å². The fraction of sp³-hybridized carbons (Fsp3) is 0.364. The number of halogens is 4. The molecule has 0 saturated carbocycles. The largest absolute Gasteiger partial charge is 0.396 e. The van der Waals surface area contributed by atoms with Crippen LogP contribution in [0, 0.1) is 29.5 Å². The first-order valence-electron chi connectivity index (χ1n) is 9.56. The number of benzene rings is 1. The molecule has 2 rings (SSSR count). The zero-order valence-corrected chi connectivity index (χ0v) is 18.3. The van der Waals surface area contributed by atoms with Gasteiger partial charge in [0.05, 0.1) is 17.6 Å². The van der Waals surface area contributed by atoms with Crippen LogP contribution in [-0.2, 0) is 16.6 Å². The molecule has 1 atom stereocenters. The van der Waals surface area contributed by atoms with Crippen molar-refractivity contribution in [1.29, 1.82) is 5.26 Å². The van der Waals surface area contributed by atoms with E-state index < -0.39 is 47.9 Å². The monoisotopic (exact) mass is 467 g/mol. The molecule has 0 aliphatic carbocycles. The van der Waals surface area contributed by atoms with Gasteiger partial charge in [-0.25, -0.2) is 4.39 Å². The topological polar surface area (TPSA) is 101 Å². The molecule has 1 N–H and O–H groups in total. The van der Waals surface area contributed by atoms with E-state index in [0.29, 0.717) is 0 Å². The summed E-state index contributed by atoms with van der Waals surface area (Å²) in [6.07, 6.45) is -5.90. The van der Waals surface area contributed by atoms with Crippen LogP contribution in [0.3, 0.4) is 0 Å². The number of anilines is 1. The highest BCUT2D eigenvalue weighted by Crippen LogP contribution is 2.41. The van der Waals surface area contributed by atoms with Gasteiger partial charge in [-0.05, 0) is 38.1 Å². The summed E-state index contributed by atoms with van der Waals surface area (Å²) in [4.78, 5) is 37.7. The lowest BCUT2D eigenvalue weighted by Crippen LogP contribution is -2.42. The number of ketones is 2. The molecule has 11 heteroatoms. The summed E-state index contributed by atoms with van der Waals surface area (Å²) < 4.78 is 59.6. The molecular weight excluding hydrogens is 446 g/mol. The number of rotatable bonds is 8. The molecule has 176 valence electrons. The van der Waals surface area contributed by atoms with Crippen LogP contribution in [0.1, 0.15) is 45.4 Å². The minimum absolute atomic E-state index is 0.0676. The molecule has 7 nitrogen and oxygen atoms in total. The van der Waals surface area contributed by atoms with Crippen LogP contribution < -0.4 is 5.32 Å². The molecular formula is C22H21F4N3O4. The Morgan fingerprint density at radius 3 is 2.39 bits per heavy atom. The molecule has 33 heavy (non-hydrogen) atoms. The number of carbonyl (C=O) groups excluding carboxylic acids is 3. The van der Waals surface area contributed by atoms with Gasteiger partial charge in [0.15, 0.2) is 0 Å². The van der Waals surface area contributed by atoms with Gasteiger partial charge >= 0.3 is 6.18 Å². The van der Waals surface area contributed by atoms with Crippen LogP contribution in [0.4, 0.5) is 23.2 Å². The third-order valence-corrected chi connectivity index (χ3v) is 5.31. The Morgan fingerprint density at radius 1 is 1.21 bits per heavy atom. The van der Waals surface area contributed by atoms with Crippen molar-refractivity contribution in [2.24, 2.45) is 12.5 Å². The minimum atomic E-state index is -4.78. The van der Waals surface area contributed by atoms with Crippen molar-refractivity contribution >= 4 is 23.2 Å². The fourth-order valence-electron chi connectivity index (χ4n) is 3.17. The van der Waals surface area contributed by atoms with Crippen LogP contribution in [-0.4, -0.2) is 41.9 Å². The first-order chi connectivity index (χ1) is 15.3. The van der Waals surface area contributed by atoms with Crippen molar-refractivity contribution in [2.45, 2.75) is 26.4 Å². The van der Waals surface area contributed by atoms with Gasteiger partial charge in [0.2, 0.25) is 11.6 Å². The summed E-state index contributed by atoms with van der Waals surface area (Å²) in [5.41, 5.74) is -2.83. The zero-order valence-electron chi connectivity index (χ0n) is 18.3. The zero-order chi connectivity index (χ0) is 25.1. The van der Waals surface area contributed by atoms with Gasteiger partial charge in [-0.15, -0.1) is 0 Å². The van der Waals surface area contributed by atoms with Gasteiger partial charge in [0, 0.05) is 37.5 Å². The molecule has 0 aliphatic heterocycles. The van der Waals surface area contributed by atoms with Crippen molar-refractivity contribution < 1.29 is 36.7 Å². The normalized spacial score (nSPS) is 13.2. The number of aromatic nitrogens is 1. The Morgan fingerprint density at radius 2 is 1.85 bits per heavy atom. The van der Waals surface area contributed by atoms with Crippen molar-refractivity contribution in [3.05, 3.63) is 52.6 Å². The van der Waals surface area contributed by atoms with E-state index >= 15 is 0 Å². The molecule has 1 aromatic heterocycles. The SMILES string of the molecule is COCC(C)(CC(=O)C(=O)c1cc(C(=O)Nc2ccc(F)c(C#N)c2)n(C)c1C)C(F)(F)F. The highest BCUT2D eigenvalue weighted by molar-refractivity contribution is 6.44. The lowest BCUT2D eigenvalue weighted by molar-refractivity contribution is -0.232. The van der Waals surface area contributed by atoms with Crippen molar-refractivity contribution in [3.8, 4) is 6.07 Å². The summed E-state index contributed by atoms with van der Waals surface area (Å²) in [6, 6.07) is 6.08. The quantitative estimate of drug-likeness (QED) is 0.360. The van der Waals surface area contributed by atoms with Crippen LogP contribution >= 0.6 is 0 Å². The average Bonchev–Trinajstić information content (AvgIpc) is 3.03. The van der Waals surface area contributed by atoms with E-state index in [2.05, 4.69) is 10.1 Å². The Kier molecular flexibility index (Phi) is 7.44. The van der Waals surface area contributed by atoms with Gasteiger partial charge in [0.25, 0.3) is 5.91 Å². The first-order valence-corrected chi connectivity index (χ1v) is 9.56. The van der Waals surface area contributed by atoms with E-state index in [1.54, 1.807) is 6.07 Å². The molecule has 1 amide bonds. The number of Topliss-reactive ketones (excluding diaryl/α,β-unsaturated/α-hetero) is 2. The smallest absolute Gasteiger partial charge is 0.384 e. The second-order valence-electron chi connectivity index (χ2n) is 7.77. The van der Waals surface area contributed by atoms with Gasteiger partial charge in [-0.2, -0.15) is 18.4 Å². The van der Waals surface area contributed by atoms with E-state index in [0.717, 1.165) is 32.2 Å². The molecule has 0 fully saturated rings. The third-order valence-electron chi connectivity index (χ3n) is 5.31. The fourth-order valence-corrected chi connectivity index (χ4v) is 3.17. The second-order valence-corrected chi connectivity index (χ2v) is 7.77. The number of amides is 1. The molecule has 1 unspecified atom stereocenters. The molecule has 1 heterocycles. The predicted molar refractivity (Wildman–Crippen MR) is 109 cm³/mol. The third kappa shape index (κ3) is 5.28. The Hall–Kier alpha value is -3.52. The van der Waals surface area contributed by atoms with E-state index in [1.807, 2.05) is 0 Å². The highest BCUT2D eigenvalue weighted by Gasteiger charge is 2.53. The Bertz CT molecular complexity index is 1150. The van der Waals surface area contributed by atoms with E-state index in [4.69, 9.17) is 5.26 Å². The maximum Gasteiger partial charge on any atom is 0.396 e. The summed E-state index contributed by atoms with van der Waals surface area (Å²) in [6.45, 7) is 1.41. The second kappa shape index (κ2) is 9.54. The predicted octanol–water partition coefficient (Wildman–Crippen LogP) is 3.95. The lowest BCUT2D eigenvalue weighted by atomic mass is 9.83. The van der Waals surface area contributed by atoms with Gasteiger partial charge in [0.1, 0.15) is 17.6 Å². The number of nitriles is 1. The molecule has 1 aromatic carbocycles. The Balaban J connectivity index is 2.30. The maximum absolute atomic E-state index is 13.5. The van der Waals surface area contributed by atoms with Crippen LogP contribution in [0.15, 0.2) is 24.3 Å². The van der Waals surface area contributed by atoms with Crippen LogP contribution in [0.2, 0.25) is 0 Å². The van der Waals surface area contributed by atoms with Crippen molar-refractivity contribution in [1.82, 2.24) is 4.57 Å². The molecule has 0 saturated heterocycles. The standard InChI is InChI=1S/C22H21F4N3O4/c1-12-15(19(31)18(30)9-21(2,11-33-4)22(24,25)26)8-17(29(12)3)20(32)28-14-5-6-16(23)13(7-14)10-27/h5-8H,9,11H2,1-4H3,(H,28,32). The molecule has 0 aliphatic rings. The summed E-state index contributed by atoms with van der Waals surface area (Å²) in [5, 5.41) is 11.3. The lowest BCUT2D eigenvalue weighted by Gasteiger charge is -2.30. The molecule has 0 bridgehead atoms. The van der Waals surface area contributed by atoms with Gasteiger partial charge < -0.3 is 14.6 Å². The Labute approximate surface area is 186 Å². The summed E-state index contributed by atoms with van der Waals surface area (Å²) in [5.74, 6) is -3.94. The molecule has 0 spiro atoms. The van der Waals surface area contributed by atoms with E-state index in [1.165, 1.54) is 24.6 Å². The number of hydrogen-bond donors (Lipinski definition) is 1. The van der Waals surface area contributed by atoms with Crippen LogP contribution in [0.5, 0.6) is 0 Å². The summed E-state index contributed by atoms with van der Waals surface area (Å²) in [7, 11) is 2.49.